The van der Waals surface area contributed by atoms with E-state index in [9.17, 15) is 4.79 Å². The lowest BCUT2D eigenvalue weighted by molar-refractivity contribution is -0.150. The fraction of sp³-hybridized carbons (Fsp3) is 0.929. The van der Waals surface area contributed by atoms with Crippen LogP contribution in [0.4, 0.5) is 0 Å². The van der Waals surface area contributed by atoms with Gasteiger partial charge < -0.3 is 14.6 Å². The van der Waals surface area contributed by atoms with Crippen LogP contribution in [0.3, 0.4) is 0 Å². The van der Waals surface area contributed by atoms with Crippen LogP contribution in [0.2, 0.25) is 0 Å². The Balaban J connectivity index is 0.000000637. The first-order chi connectivity index (χ1) is 8.98. The maximum atomic E-state index is 10.9. The molecule has 1 unspecified atom stereocenters. The van der Waals surface area contributed by atoms with E-state index in [2.05, 4.69) is 19.2 Å². The van der Waals surface area contributed by atoms with Crippen molar-refractivity contribution in [3.05, 3.63) is 0 Å². The molecule has 4 aliphatic rings. The van der Waals surface area contributed by atoms with Gasteiger partial charge in [0.2, 0.25) is 5.91 Å². The molecule has 1 N–H and O–H groups in total. The molecule has 3 aliphatic carbocycles. The second-order valence-corrected chi connectivity index (χ2v) is 6.24. The highest BCUT2D eigenvalue weighted by Gasteiger charge is 2.61. The average Bonchev–Trinajstić information content (AvgIpc) is 2.80. The molecule has 4 fully saturated rings. The van der Waals surface area contributed by atoms with Gasteiger partial charge in [0.15, 0.2) is 0 Å². The van der Waals surface area contributed by atoms with Crippen LogP contribution in [0.1, 0.15) is 47.5 Å². The molecule has 0 radical (unpaired) electrons. The van der Waals surface area contributed by atoms with Crippen molar-refractivity contribution in [2.24, 2.45) is 17.3 Å². The summed E-state index contributed by atoms with van der Waals surface area (Å²) in [5.41, 5.74) is 0.410. The van der Waals surface area contributed by atoms with E-state index >= 15 is 0 Å². The van der Waals surface area contributed by atoms with Gasteiger partial charge in [-0.2, -0.15) is 0 Å². The molecule has 5 heteroatoms. The number of rotatable bonds is 2. The summed E-state index contributed by atoms with van der Waals surface area (Å²) in [5.74, 6) is 1.39. The molecule has 4 atom stereocenters. The molecular weight excluding hydrogens is 241 g/mol. The van der Waals surface area contributed by atoms with Gasteiger partial charge in [-0.3, -0.25) is 4.79 Å². The van der Waals surface area contributed by atoms with E-state index in [0.29, 0.717) is 17.8 Å². The number of nitrogens with one attached hydrogen (secondary N) is 1. The van der Waals surface area contributed by atoms with Crippen molar-refractivity contribution in [1.82, 2.24) is 5.32 Å². The molecule has 108 valence electrons. The fourth-order valence-electron chi connectivity index (χ4n) is 3.73. The number of hydrogen-bond donors (Lipinski definition) is 1. The Bertz CT molecular complexity index is 348. The van der Waals surface area contributed by atoms with Gasteiger partial charge in [-0.05, 0) is 30.1 Å². The summed E-state index contributed by atoms with van der Waals surface area (Å²) in [6.07, 6.45) is 3.37. The zero-order valence-electron chi connectivity index (χ0n) is 12.7. The van der Waals surface area contributed by atoms with E-state index < -0.39 is 0 Å². The minimum absolute atomic E-state index is 0.0308. The van der Waals surface area contributed by atoms with Crippen LogP contribution in [-0.4, -0.2) is 31.7 Å². The van der Waals surface area contributed by atoms with Crippen molar-refractivity contribution in [2.45, 2.75) is 59.7 Å². The molecule has 0 aromatic heterocycles. The van der Waals surface area contributed by atoms with E-state index in [-0.39, 0.29) is 25.2 Å². The van der Waals surface area contributed by atoms with Crippen molar-refractivity contribution >= 4 is 13.0 Å². The predicted molar refractivity (Wildman–Crippen MR) is 75.5 cm³/mol. The molecule has 0 aromatic rings. The lowest BCUT2D eigenvalue weighted by Crippen LogP contribution is -2.59. The van der Waals surface area contributed by atoms with E-state index in [1.807, 2.05) is 13.8 Å². The molecule has 4 rings (SSSR count). The van der Waals surface area contributed by atoms with E-state index in [1.54, 1.807) is 0 Å². The first-order valence-corrected chi connectivity index (χ1v) is 7.54. The monoisotopic (exact) mass is 267 g/mol. The molecule has 0 spiro atoms. The molecule has 3 saturated carbocycles. The van der Waals surface area contributed by atoms with Gasteiger partial charge in [-0.25, -0.2) is 0 Å². The van der Waals surface area contributed by atoms with Gasteiger partial charge in [-0.15, -0.1) is 0 Å². The Kier molecular flexibility index (Phi) is 4.26. The zero-order valence-corrected chi connectivity index (χ0v) is 12.7. The predicted octanol–water partition coefficient (Wildman–Crippen LogP) is 2.03. The molecule has 1 aliphatic heterocycles. The minimum Gasteiger partial charge on any atom is -0.405 e. The summed E-state index contributed by atoms with van der Waals surface area (Å²) in [6, 6.07) is 0. The Morgan fingerprint density at radius 1 is 1.32 bits per heavy atom. The van der Waals surface area contributed by atoms with Crippen molar-refractivity contribution < 1.29 is 14.1 Å². The Morgan fingerprint density at radius 3 is 2.58 bits per heavy atom. The summed E-state index contributed by atoms with van der Waals surface area (Å²) in [4.78, 5) is 10.9. The van der Waals surface area contributed by atoms with Gasteiger partial charge in [-0.1, -0.05) is 27.7 Å². The molecule has 4 nitrogen and oxygen atoms in total. The summed E-state index contributed by atoms with van der Waals surface area (Å²) in [5, 5.41) is 2.76. The van der Waals surface area contributed by atoms with Crippen LogP contribution < -0.4 is 5.32 Å². The molecule has 0 aromatic carbocycles. The topological polar surface area (TPSA) is 47.6 Å². The van der Waals surface area contributed by atoms with Gasteiger partial charge in [0.05, 0.1) is 18.7 Å². The molecule has 1 saturated heterocycles. The molecule has 1 heterocycles. The third-order valence-electron chi connectivity index (χ3n) is 4.98. The summed E-state index contributed by atoms with van der Waals surface area (Å²) < 4.78 is 11.8. The number of carbonyl (C=O) groups excluding carboxylic acids is 1. The van der Waals surface area contributed by atoms with Crippen LogP contribution in [0.15, 0.2) is 0 Å². The molecular formula is C14H26BNO3. The fourth-order valence-corrected chi connectivity index (χ4v) is 3.73. The van der Waals surface area contributed by atoms with Crippen LogP contribution >= 0.6 is 0 Å². The van der Waals surface area contributed by atoms with Crippen molar-refractivity contribution in [2.75, 3.05) is 6.44 Å². The molecule has 1 amide bonds. The zero-order chi connectivity index (χ0) is 14.2. The Labute approximate surface area is 116 Å². The van der Waals surface area contributed by atoms with Crippen molar-refractivity contribution in [3.8, 4) is 0 Å². The van der Waals surface area contributed by atoms with Gasteiger partial charge in [0.1, 0.15) is 0 Å². The average molecular weight is 267 g/mol. The maximum Gasteiger partial charge on any atom is 0.478 e. The van der Waals surface area contributed by atoms with Crippen LogP contribution in [0.25, 0.3) is 0 Å². The summed E-state index contributed by atoms with van der Waals surface area (Å²) in [7, 11) is -0.246. The first-order valence-electron chi connectivity index (χ1n) is 7.54. The Hall–Kier alpha value is -0.545. The largest absolute Gasteiger partial charge is 0.478 e. The van der Waals surface area contributed by atoms with Gasteiger partial charge in [0.25, 0.3) is 0 Å². The Morgan fingerprint density at radius 2 is 2.00 bits per heavy atom. The van der Waals surface area contributed by atoms with Crippen LogP contribution in [0, 0.1) is 17.3 Å². The van der Waals surface area contributed by atoms with Gasteiger partial charge in [0, 0.05) is 6.92 Å². The highest BCUT2D eigenvalue weighted by atomic mass is 16.7. The van der Waals surface area contributed by atoms with Gasteiger partial charge >= 0.3 is 7.12 Å². The molecule has 19 heavy (non-hydrogen) atoms. The number of hydrogen-bond acceptors (Lipinski definition) is 3. The lowest BCUT2D eigenvalue weighted by atomic mass is 9.47. The third-order valence-corrected chi connectivity index (χ3v) is 4.98. The summed E-state index contributed by atoms with van der Waals surface area (Å²) in [6.45, 7) is 10.2. The van der Waals surface area contributed by atoms with Crippen LogP contribution in [-0.2, 0) is 14.1 Å². The second kappa shape index (κ2) is 5.45. The van der Waals surface area contributed by atoms with Crippen molar-refractivity contribution in [3.63, 3.8) is 0 Å². The minimum atomic E-state index is -0.246. The smallest absolute Gasteiger partial charge is 0.405 e. The number of amides is 1. The second-order valence-electron chi connectivity index (χ2n) is 6.24. The van der Waals surface area contributed by atoms with Crippen molar-refractivity contribution in [1.29, 1.82) is 0 Å². The normalized spacial score (nSPS) is 37.6. The van der Waals surface area contributed by atoms with E-state index in [1.165, 1.54) is 13.3 Å². The van der Waals surface area contributed by atoms with Crippen LogP contribution in [0.5, 0.6) is 0 Å². The highest BCUT2D eigenvalue weighted by Crippen LogP contribution is 2.61. The maximum absolute atomic E-state index is 10.9. The highest BCUT2D eigenvalue weighted by molar-refractivity contribution is 6.45. The summed E-state index contributed by atoms with van der Waals surface area (Å²) >= 11 is 0. The number of carbonyl (C=O) groups is 1. The molecule has 2 bridgehead atoms. The lowest BCUT2D eigenvalue weighted by Gasteiger charge is -2.60. The quantitative estimate of drug-likeness (QED) is 0.779. The van der Waals surface area contributed by atoms with E-state index in [4.69, 9.17) is 9.31 Å². The van der Waals surface area contributed by atoms with E-state index in [0.717, 1.165) is 12.3 Å². The third kappa shape index (κ3) is 2.55. The standard InChI is InChI=1S/C12H20BNO3.C2H6/c1-7(15)14-6-13-16-10-5-8-4-9(11(10)17-13)12(8,2)3;1-2/h8-11H,4-6H2,1-3H3,(H,14,15);1-2H3/t8-,9+,10+,11?;/m0./s1. The first kappa shape index (κ1) is 14.9. The SMILES string of the molecule is CC.CC(=O)NCB1OC2[C@H]3C[C@@H](C[C@H]2O1)C3(C)C.